The number of methoxy groups -OCH3 is 1. The highest BCUT2D eigenvalue weighted by atomic mass is 16.5. The van der Waals surface area contributed by atoms with E-state index in [0.29, 0.717) is 5.92 Å². The summed E-state index contributed by atoms with van der Waals surface area (Å²) in [5.74, 6) is 0.528. The van der Waals surface area contributed by atoms with Gasteiger partial charge in [-0.25, -0.2) is 0 Å². The van der Waals surface area contributed by atoms with Crippen LogP contribution in [0.25, 0.3) is 0 Å². The molecule has 78 valence electrons. The van der Waals surface area contributed by atoms with E-state index in [9.17, 15) is 10.2 Å². The molecule has 3 nitrogen and oxygen atoms in total. The van der Waals surface area contributed by atoms with Gasteiger partial charge in [0.2, 0.25) is 0 Å². The Bertz CT molecular complexity index is 154. The van der Waals surface area contributed by atoms with Crippen molar-refractivity contribution < 1.29 is 14.9 Å². The molecule has 3 unspecified atom stereocenters. The van der Waals surface area contributed by atoms with E-state index < -0.39 is 12.2 Å². The molecule has 1 aliphatic rings. The van der Waals surface area contributed by atoms with Crippen molar-refractivity contribution >= 4 is 0 Å². The van der Waals surface area contributed by atoms with Gasteiger partial charge in [0, 0.05) is 7.11 Å². The molecule has 0 radical (unpaired) electrons. The van der Waals surface area contributed by atoms with E-state index in [4.69, 9.17) is 4.74 Å². The quantitative estimate of drug-likeness (QED) is 0.670. The normalized spacial score (nSPS) is 24.5. The van der Waals surface area contributed by atoms with Gasteiger partial charge < -0.3 is 14.9 Å². The molecule has 0 aromatic rings. The fourth-order valence-corrected chi connectivity index (χ4v) is 1.62. The van der Waals surface area contributed by atoms with E-state index in [2.05, 4.69) is 0 Å². The van der Waals surface area contributed by atoms with Crippen molar-refractivity contribution in [2.24, 2.45) is 11.8 Å². The lowest BCUT2D eigenvalue weighted by Gasteiger charge is -2.27. The summed E-state index contributed by atoms with van der Waals surface area (Å²) in [5.41, 5.74) is 0. The van der Waals surface area contributed by atoms with Crippen molar-refractivity contribution in [1.29, 1.82) is 0 Å². The van der Waals surface area contributed by atoms with Gasteiger partial charge in [-0.15, -0.1) is 0 Å². The molecular weight excluding hydrogens is 168 g/mol. The fraction of sp³-hybridized carbons (Fsp3) is 1.00. The molecule has 0 aromatic heterocycles. The largest absolute Gasteiger partial charge is 0.390 e. The summed E-state index contributed by atoms with van der Waals surface area (Å²) in [4.78, 5) is 0. The molecule has 0 spiro atoms. The summed E-state index contributed by atoms with van der Waals surface area (Å²) in [5, 5.41) is 19.4. The molecule has 1 saturated carbocycles. The first kappa shape index (κ1) is 11.0. The van der Waals surface area contributed by atoms with Crippen molar-refractivity contribution in [2.75, 3.05) is 7.11 Å². The first-order valence-electron chi connectivity index (χ1n) is 4.96. The Kier molecular flexibility index (Phi) is 3.71. The van der Waals surface area contributed by atoms with Gasteiger partial charge in [-0.1, -0.05) is 13.8 Å². The van der Waals surface area contributed by atoms with Crippen LogP contribution in [-0.2, 0) is 4.74 Å². The first-order chi connectivity index (χ1) is 6.07. The van der Waals surface area contributed by atoms with Crippen LogP contribution in [0.15, 0.2) is 0 Å². The maximum Gasteiger partial charge on any atom is 0.106 e. The van der Waals surface area contributed by atoms with Crippen molar-refractivity contribution in [2.45, 2.75) is 45.0 Å². The molecule has 3 atom stereocenters. The third kappa shape index (κ3) is 2.66. The van der Waals surface area contributed by atoms with E-state index in [-0.39, 0.29) is 12.0 Å². The Labute approximate surface area is 79.7 Å². The summed E-state index contributed by atoms with van der Waals surface area (Å²) in [6, 6.07) is 0. The third-order valence-corrected chi connectivity index (χ3v) is 2.73. The molecule has 1 fully saturated rings. The number of aliphatic hydroxyl groups excluding tert-OH is 2. The highest BCUT2D eigenvalue weighted by Crippen LogP contribution is 2.36. The lowest BCUT2D eigenvalue weighted by atomic mass is 9.96. The smallest absolute Gasteiger partial charge is 0.106 e. The van der Waals surface area contributed by atoms with E-state index in [0.717, 1.165) is 12.8 Å². The Morgan fingerprint density at radius 1 is 1.15 bits per heavy atom. The Morgan fingerprint density at radius 2 is 1.69 bits per heavy atom. The molecule has 2 N–H and O–H groups in total. The lowest BCUT2D eigenvalue weighted by Crippen LogP contribution is -2.42. The van der Waals surface area contributed by atoms with Gasteiger partial charge in [0.15, 0.2) is 0 Å². The first-order valence-corrected chi connectivity index (χ1v) is 4.96. The van der Waals surface area contributed by atoms with Crippen molar-refractivity contribution in [3.8, 4) is 0 Å². The lowest BCUT2D eigenvalue weighted by molar-refractivity contribution is -0.0967. The SMILES string of the molecule is COC(C1CC1)C(O)C(O)C(C)C. The molecule has 0 saturated heterocycles. The summed E-state index contributed by atoms with van der Waals surface area (Å²) >= 11 is 0. The summed E-state index contributed by atoms with van der Waals surface area (Å²) in [6.07, 6.45) is 0.626. The zero-order valence-electron chi connectivity index (χ0n) is 8.60. The number of rotatable bonds is 5. The third-order valence-electron chi connectivity index (χ3n) is 2.73. The number of hydrogen-bond donors (Lipinski definition) is 2. The monoisotopic (exact) mass is 188 g/mol. The topological polar surface area (TPSA) is 49.7 Å². The van der Waals surface area contributed by atoms with Crippen LogP contribution in [0.2, 0.25) is 0 Å². The number of aliphatic hydroxyl groups is 2. The molecule has 0 aliphatic heterocycles. The molecule has 0 aromatic carbocycles. The Balaban J connectivity index is 2.46. The molecule has 0 amide bonds. The molecule has 3 heteroatoms. The van der Waals surface area contributed by atoms with Gasteiger partial charge in [-0.05, 0) is 24.7 Å². The minimum atomic E-state index is -0.738. The Hall–Kier alpha value is -0.120. The molecule has 1 rings (SSSR count). The molecule has 1 aliphatic carbocycles. The maximum atomic E-state index is 9.78. The zero-order valence-corrected chi connectivity index (χ0v) is 8.60. The van der Waals surface area contributed by atoms with Gasteiger partial charge >= 0.3 is 0 Å². The molecule has 0 heterocycles. The predicted octanol–water partition coefficient (Wildman–Crippen LogP) is 0.789. The van der Waals surface area contributed by atoms with Crippen LogP contribution >= 0.6 is 0 Å². The number of ether oxygens (including phenoxy) is 1. The average Bonchev–Trinajstić information content (AvgIpc) is 2.88. The minimum absolute atomic E-state index is 0.0754. The average molecular weight is 188 g/mol. The van der Waals surface area contributed by atoms with Gasteiger partial charge in [-0.2, -0.15) is 0 Å². The van der Waals surface area contributed by atoms with E-state index in [1.54, 1.807) is 7.11 Å². The molecular formula is C10H20O3. The van der Waals surface area contributed by atoms with Gasteiger partial charge in [-0.3, -0.25) is 0 Å². The molecule has 0 bridgehead atoms. The fourth-order valence-electron chi connectivity index (χ4n) is 1.62. The van der Waals surface area contributed by atoms with Crippen molar-refractivity contribution in [3.05, 3.63) is 0 Å². The number of hydrogen-bond acceptors (Lipinski definition) is 3. The summed E-state index contributed by atoms with van der Waals surface area (Å²) in [6.45, 7) is 3.79. The molecule has 13 heavy (non-hydrogen) atoms. The second-order valence-corrected chi connectivity index (χ2v) is 4.26. The highest BCUT2D eigenvalue weighted by Gasteiger charge is 2.39. The minimum Gasteiger partial charge on any atom is -0.390 e. The van der Waals surface area contributed by atoms with E-state index in [1.807, 2.05) is 13.8 Å². The second-order valence-electron chi connectivity index (χ2n) is 4.26. The van der Waals surface area contributed by atoms with Crippen LogP contribution in [0.1, 0.15) is 26.7 Å². The standard InChI is InChI=1S/C10H20O3/c1-6(2)8(11)9(12)10(13-3)7-4-5-7/h6-12H,4-5H2,1-3H3. The van der Waals surface area contributed by atoms with Gasteiger partial charge in [0.25, 0.3) is 0 Å². The van der Waals surface area contributed by atoms with E-state index >= 15 is 0 Å². The van der Waals surface area contributed by atoms with Crippen molar-refractivity contribution in [1.82, 2.24) is 0 Å². The van der Waals surface area contributed by atoms with Crippen molar-refractivity contribution in [3.63, 3.8) is 0 Å². The summed E-state index contributed by atoms with van der Waals surface area (Å²) in [7, 11) is 1.60. The van der Waals surface area contributed by atoms with Crippen LogP contribution in [0.4, 0.5) is 0 Å². The maximum absolute atomic E-state index is 9.78. The van der Waals surface area contributed by atoms with Crippen LogP contribution in [0, 0.1) is 11.8 Å². The highest BCUT2D eigenvalue weighted by molar-refractivity contribution is 4.90. The van der Waals surface area contributed by atoms with Crippen LogP contribution in [-0.4, -0.2) is 35.6 Å². The van der Waals surface area contributed by atoms with Gasteiger partial charge in [0.05, 0.1) is 12.2 Å². The summed E-state index contributed by atoms with van der Waals surface area (Å²) < 4.78 is 5.20. The van der Waals surface area contributed by atoms with E-state index in [1.165, 1.54) is 0 Å². The Morgan fingerprint density at radius 3 is 2.00 bits per heavy atom. The van der Waals surface area contributed by atoms with Crippen LogP contribution in [0.5, 0.6) is 0 Å². The van der Waals surface area contributed by atoms with Crippen LogP contribution < -0.4 is 0 Å². The van der Waals surface area contributed by atoms with Crippen LogP contribution in [0.3, 0.4) is 0 Å². The van der Waals surface area contributed by atoms with Gasteiger partial charge in [0.1, 0.15) is 6.10 Å². The predicted molar refractivity (Wildman–Crippen MR) is 50.4 cm³/mol. The second kappa shape index (κ2) is 4.40. The zero-order chi connectivity index (χ0) is 10.0.